The number of halogens is 1. The Morgan fingerprint density at radius 3 is 2.58 bits per heavy atom. The van der Waals surface area contributed by atoms with E-state index in [-0.39, 0.29) is 19.2 Å². The van der Waals surface area contributed by atoms with Crippen LogP contribution in [0.2, 0.25) is 0 Å². The van der Waals surface area contributed by atoms with Crippen LogP contribution >= 0.6 is 0 Å². The molecule has 1 aromatic rings. The van der Waals surface area contributed by atoms with Gasteiger partial charge < -0.3 is 10.0 Å². The SMILES string of the molecule is CC(CNS(=O)(=O)c1cc(CO)ccc1F)N(C)C. The molecule has 0 aliphatic heterocycles. The quantitative estimate of drug-likeness (QED) is 0.802. The Kier molecular flexibility index (Phi) is 5.42. The van der Waals surface area contributed by atoms with Gasteiger partial charge in [-0.3, -0.25) is 0 Å². The minimum atomic E-state index is -3.91. The molecule has 0 aliphatic carbocycles. The number of nitrogens with zero attached hydrogens (tertiary/aromatic N) is 1. The molecule has 1 unspecified atom stereocenters. The lowest BCUT2D eigenvalue weighted by atomic mass is 10.2. The van der Waals surface area contributed by atoms with Crippen LogP contribution in [0.15, 0.2) is 23.1 Å². The Bertz CT molecular complexity index is 532. The van der Waals surface area contributed by atoms with E-state index in [0.29, 0.717) is 5.56 Å². The molecule has 108 valence electrons. The Morgan fingerprint density at radius 1 is 1.42 bits per heavy atom. The Morgan fingerprint density at radius 2 is 2.05 bits per heavy atom. The third-order valence-electron chi connectivity index (χ3n) is 2.92. The number of hydrogen-bond donors (Lipinski definition) is 2. The molecule has 0 fully saturated rings. The molecule has 0 radical (unpaired) electrons. The van der Waals surface area contributed by atoms with Gasteiger partial charge in [0.15, 0.2) is 0 Å². The molecule has 1 rings (SSSR count). The summed E-state index contributed by atoms with van der Waals surface area (Å²) in [5, 5.41) is 8.97. The van der Waals surface area contributed by atoms with E-state index in [1.54, 1.807) is 0 Å². The van der Waals surface area contributed by atoms with E-state index < -0.39 is 20.7 Å². The van der Waals surface area contributed by atoms with Crippen molar-refractivity contribution in [3.8, 4) is 0 Å². The number of nitrogens with one attached hydrogen (secondary N) is 1. The fraction of sp³-hybridized carbons (Fsp3) is 0.500. The summed E-state index contributed by atoms with van der Waals surface area (Å²) in [5.41, 5.74) is 0.349. The number of likely N-dealkylation sites (N-methyl/N-ethyl adjacent to an activating group) is 1. The van der Waals surface area contributed by atoms with Crippen molar-refractivity contribution in [2.45, 2.75) is 24.5 Å². The molecule has 1 atom stereocenters. The smallest absolute Gasteiger partial charge is 0.243 e. The summed E-state index contributed by atoms with van der Waals surface area (Å²) in [6.07, 6.45) is 0. The van der Waals surface area contributed by atoms with E-state index in [2.05, 4.69) is 4.72 Å². The van der Waals surface area contributed by atoms with Gasteiger partial charge in [-0.25, -0.2) is 17.5 Å². The van der Waals surface area contributed by atoms with Gasteiger partial charge in [0.1, 0.15) is 10.7 Å². The second kappa shape index (κ2) is 6.42. The van der Waals surface area contributed by atoms with E-state index >= 15 is 0 Å². The van der Waals surface area contributed by atoms with Crippen LogP contribution in [-0.2, 0) is 16.6 Å². The summed E-state index contributed by atoms with van der Waals surface area (Å²) < 4.78 is 39.9. The molecule has 0 amide bonds. The summed E-state index contributed by atoms with van der Waals surface area (Å²) >= 11 is 0. The van der Waals surface area contributed by atoms with Crippen molar-refractivity contribution in [3.05, 3.63) is 29.6 Å². The van der Waals surface area contributed by atoms with E-state index in [0.717, 1.165) is 12.1 Å². The number of hydrogen-bond acceptors (Lipinski definition) is 4. The minimum absolute atomic E-state index is 0.0149. The maximum Gasteiger partial charge on any atom is 0.243 e. The average Bonchev–Trinajstić information content (AvgIpc) is 2.36. The Balaban J connectivity index is 2.94. The van der Waals surface area contributed by atoms with Gasteiger partial charge in [0.2, 0.25) is 10.0 Å². The van der Waals surface area contributed by atoms with Gasteiger partial charge in [0.25, 0.3) is 0 Å². The molecule has 0 bridgehead atoms. The number of aliphatic hydroxyl groups excluding tert-OH is 1. The number of benzene rings is 1. The highest BCUT2D eigenvalue weighted by Crippen LogP contribution is 2.16. The van der Waals surface area contributed by atoms with Crippen LogP contribution in [0.25, 0.3) is 0 Å². The molecule has 0 heterocycles. The van der Waals surface area contributed by atoms with Crippen LogP contribution in [0.1, 0.15) is 12.5 Å². The van der Waals surface area contributed by atoms with Gasteiger partial charge in [-0.15, -0.1) is 0 Å². The Hall–Kier alpha value is -1.02. The van der Waals surface area contributed by atoms with Crippen molar-refractivity contribution in [3.63, 3.8) is 0 Å². The Labute approximate surface area is 113 Å². The molecule has 7 heteroatoms. The first-order valence-electron chi connectivity index (χ1n) is 5.83. The molecule has 0 aliphatic rings. The van der Waals surface area contributed by atoms with E-state index in [4.69, 9.17) is 5.11 Å². The predicted octanol–water partition coefficient (Wildman–Crippen LogP) is 0.546. The number of rotatable bonds is 6. The van der Waals surface area contributed by atoms with Gasteiger partial charge in [-0.1, -0.05) is 6.07 Å². The largest absolute Gasteiger partial charge is 0.392 e. The summed E-state index contributed by atoms with van der Waals surface area (Å²) in [4.78, 5) is 1.41. The predicted molar refractivity (Wildman–Crippen MR) is 70.7 cm³/mol. The van der Waals surface area contributed by atoms with Crippen molar-refractivity contribution in [1.82, 2.24) is 9.62 Å². The number of aliphatic hydroxyl groups is 1. The first kappa shape index (κ1) is 16.0. The van der Waals surface area contributed by atoms with Crippen LogP contribution in [0, 0.1) is 5.82 Å². The van der Waals surface area contributed by atoms with Gasteiger partial charge in [0.05, 0.1) is 6.61 Å². The zero-order valence-corrected chi connectivity index (χ0v) is 12.0. The molecule has 0 spiro atoms. The molecular weight excluding hydrogens is 271 g/mol. The molecule has 0 saturated heterocycles. The van der Waals surface area contributed by atoms with Crippen molar-refractivity contribution in [1.29, 1.82) is 0 Å². The van der Waals surface area contributed by atoms with E-state index in [1.165, 1.54) is 6.07 Å². The molecule has 19 heavy (non-hydrogen) atoms. The molecule has 5 nitrogen and oxygen atoms in total. The molecule has 1 aromatic carbocycles. The van der Waals surface area contributed by atoms with Crippen molar-refractivity contribution in [2.75, 3.05) is 20.6 Å². The second-order valence-electron chi connectivity index (χ2n) is 4.59. The maximum atomic E-state index is 13.6. The van der Waals surface area contributed by atoms with Crippen LogP contribution in [-0.4, -0.2) is 45.1 Å². The third kappa shape index (κ3) is 4.24. The van der Waals surface area contributed by atoms with E-state index in [1.807, 2.05) is 25.9 Å². The van der Waals surface area contributed by atoms with Crippen molar-refractivity contribution in [2.24, 2.45) is 0 Å². The monoisotopic (exact) mass is 290 g/mol. The summed E-state index contributed by atoms with van der Waals surface area (Å²) in [6, 6.07) is 3.50. The number of sulfonamides is 1. The minimum Gasteiger partial charge on any atom is -0.392 e. The zero-order valence-electron chi connectivity index (χ0n) is 11.2. The fourth-order valence-corrected chi connectivity index (χ4v) is 2.59. The summed E-state index contributed by atoms with van der Waals surface area (Å²) in [7, 11) is -0.264. The van der Waals surface area contributed by atoms with Gasteiger partial charge in [-0.05, 0) is 38.7 Å². The van der Waals surface area contributed by atoms with Crippen molar-refractivity contribution >= 4 is 10.0 Å². The van der Waals surface area contributed by atoms with Crippen LogP contribution in [0.5, 0.6) is 0 Å². The van der Waals surface area contributed by atoms with Gasteiger partial charge >= 0.3 is 0 Å². The molecular formula is C12H19FN2O3S. The molecule has 0 saturated carbocycles. The van der Waals surface area contributed by atoms with Crippen LogP contribution in [0.3, 0.4) is 0 Å². The third-order valence-corrected chi connectivity index (χ3v) is 4.36. The highest BCUT2D eigenvalue weighted by molar-refractivity contribution is 7.89. The maximum absolute atomic E-state index is 13.6. The first-order valence-corrected chi connectivity index (χ1v) is 7.31. The highest BCUT2D eigenvalue weighted by atomic mass is 32.2. The van der Waals surface area contributed by atoms with Gasteiger partial charge in [-0.2, -0.15) is 0 Å². The summed E-state index contributed by atoms with van der Waals surface area (Å²) in [6.45, 7) is 1.69. The molecule has 0 aromatic heterocycles. The van der Waals surface area contributed by atoms with Crippen LogP contribution in [0.4, 0.5) is 4.39 Å². The normalized spacial score (nSPS) is 13.8. The second-order valence-corrected chi connectivity index (χ2v) is 6.32. The standard InChI is InChI=1S/C12H19FN2O3S/c1-9(15(2)3)7-14-19(17,18)12-6-10(8-16)4-5-11(12)13/h4-6,9,14,16H,7-8H2,1-3H3. The highest BCUT2D eigenvalue weighted by Gasteiger charge is 2.20. The lowest BCUT2D eigenvalue weighted by Crippen LogP contribution is -2.38. The summed E-state index contributed by atoms with van der Waals surface area (Å²) in [5.74, 6) is -0.831. The lowest BCUT2D eigenvalue weighted by molar-refractivity contribution is 0.281. The van der Waals surface area contributed by atoms with Crippen LogP contribution < -0.4 is 4.72 Å². The zero-order chi connectivity index (χ0) is 14.6. The van der Waals surface area contributed by atoms with Gasteiger partial charge in [0, 0.05) is 12.6 Å². The lowest BCUT2D eigenvalue weighted by Gasteiger charge is -2.20. The van der Waals surface area contributed by atoms with Crippen molar-refractivity contribution < 1.29 is 17.9 Å². The average molecular weight is 290 g/mol. The fourth-order valence-electron chi connectivity index (χ4n) is 1.34. The first-order chi connectivity index (χ1) is 8.77. The molecule has 2 N–H and O–H groups in total. The topological polar surface area (TPSA) is 69.6 Å². The van der Waals surface area contributed by atoms with E-state index in [9.17, 15) is 12.8 Å².